The average Bonchev–Trinajstić information content (AvgIpc) is 2.93. The first kappa shape index (κ1) is 17.7. The third-order valence-corrected chi connectivity index (χ3v) is 5.02. The number of ether oxygens (including phenoxy) is 1. The molecule has 1 N–H and O–H groups in total. The summed E-state index contributed by atoms with van der Waals surface area (Å²) in [6, 6.07) is 12.2. The van der Waals surface area contributed by atoms with Crippen LogP contribution in [-0.4, -0.2) is 36.7 Å². The summed E-state index contributed by atoms with van der Waals surface area (Å²) in [5.41, 5.74) is 2.31. The third-order valence-electron chi connectivity index (χ3n) is 3.95. The number of aliphatic hydroxyl groups is 1. The summed E-state index contributed by atoms with van der Waals surface area (Å²) in [4.78, 5) is 15.6. The highest BCUT2D eigenvalue weighted by molar-refractivity contribution is 7.14. The zero-order chi connectivity index (χ0) is 16.8. The van der Waals surface area contributed by atoms with Gasteiger partial charge in [-0.3, -0.25) is 4.90 Å². The summed E-state index contributed by atoms with van der Waals surface area (Å²) < 4.78 is 4.79. The zero-order valence-corrected chi connectivity index (χ0v) is 14.6. The molecule has 0 saturated heterocycles. The number of carbonyl (C=O) groups excluding carboxylic acids is 1. The molecule has 23 heavy (non-hydrogen) atoms. The van der Waals surface area contributed by atoms with Crippen molar-refractivity contribution in [3.05, 3.63) is 57.3 Å². The van der Waals surface area contributed by atoms with Crippen molar-refractivity contribution in [2.45, 2.75) is 25.9 Å². The van der Waals surface area contributed by atoms with Gasteiger partial charge in [0.2, 0.25) is 0 Å². The Bertz CT molecular complexity index is 639. The van der Waals surface area contributed by atoms with E-state index in [2.05, 4.69) is 17.0 Å². The lowest BCUT2D eigenvalue weighted by molar-refractivity contribution is 0.0606. The van der Waals surface area contributed by atoms with Crippen LogP contribution in [0.15, 0.2) is 36.4 Å². The molecule has 5 heteroatoms. The van der Waals surface area contributed by atoms with Crippen LogP contribution in [0.1, 0.15) is 38.1 Å². The molecule has 1 aromatic carbocycles. The Kier molecular flexibility index (Phi) is 6.33. The van der Waals surface area contributed by atoms with Gasteiger partial charge in [-0.25, -0.2) is 4.79 Å². The highest BCUT2D eigenvalue weighted by Gasteiger charge is 2.19. The number of thiophene rings is 1. The van der Waals surface area contributed by atoms with Gasteiger partial charge < -0.3 is 9.84 Å². The molecular weight excluding hydrogens is 310 g/mol. The lowest BCUT2D eigenvalue weighted by Gasteiger charge is -2.28. The predicted molar refractivity (Wildman–Crippen MR) is 92.7 cm³/mol. The van der Waals surface area contributed by atoms with Gasteiger partial charge >= 0.3 is 5.97 Å². The molecule has 0 fully saturated rings. The molecule has 2 aromatic rings. The fraction of sp³-hybridized carbons (Fsp3) is 0.389. The van der Waals surface area contributed by atoms with Crippen molar-refractivity contribution >= 4 is 17.3 Å². The first-order valence-corrected chi connectivity index (χ1v) is 8.42. The van der Waals surface area contributed by atoms with Gasteiger partial charge in [-0.05, 0) is 37.6 Å². The van der Waals surface area contributed by atoms with Crippen molar-refractivity contribution in [2.75, 3.05) is 20.8 Å². The van der Waals surface area contributed by atoms with Crippen LogP contribution < -0.4 is 0 Å². The molecule has 0 saturated carbocycles. The molecule has 1 atom stereocenters. The number of benzene rings is 1. The number of esters is 1. The molecule has 4 nitrogen and oxygen atoms in total. The summed E-state index contributed by atoms with van der Waals surface area (Å²) >= 11 is 1.46. The van der Waals surface area contributed by atoms with Crippen LogP contribution >= 0.6 is 11.3 Å². The van der Waals surface area contributed by atoms with E-state index in [4.69, 9.17) is 4.74 Å². The van der Waals surface area contributed by atoms with E-state index in [1.807, 2.05) is 38.2 Å². The van der Waals surface area contributed by atoms with Crippen LogP contribution in [0.25, 0.3) is 0 Å². The smallest absolute Gasteiger partial charge is 0.348 e. The molecule has 0 aliphatic heterocycles. The summed E-state index contributed by atoms with van der Waals surface area (Å²) in [5.74, 6) is -0.290. The molecule has 1 unspecified atom stereocenters. The van der Waals surface area contributed by atoms with Crippen LogP contribution in [0.4, 0.5) is 0 Å². The van der Waals surface area contributed by atoms with Crippen molar-refractivity contribution in [3.8, 4) is 0 Å². The van der Waals surface area contributed by atoms with Crippen molar-refractivity contribution in [2.24, 2.45) is 0 Å². The van der Waals surface area contributed by atoms with Gasteiger partial charge in [-0.2, -0.15) is 0 Å². The van der Waals surface area contributed by atoms with Crippen molar-refractivity contribution in [1.29, 1.82) is 0 Å². The van der Waals surface area contributed by atoms with Gasteiger partial charge in [0.1, 0.15) is 4.88 Å². The monoisotopic (exact) mass is 333 g/mol. The van der Waals surface area contributed by atoms with E-state index in [9.17, 15) is 9.90 Å². The molecule has 2 rings (SSSR count). The molecular formula is C18H23NO3S. The van der Waals surface area contributed by atoms with Crippen LogP contribution in [0.5, 0.6) is 0 Å². The lowest BCUT2D eigenvalue weighted by Crippen LogP contribution is -2.25. The standard InChI is InChI=1S/C18H23NO3S/c1-13-15(11-17(23-13)18(21)22-3)12-19(2)16(9-10-20)14-7-5-4-6-8-14/h4-8,11,16,20H,9-10,12H2,1-3H3. The number of methoxy groups -OCH3 is 1. The molecule has 0 aliphatic carbocycles. The molecule has 0 bridgehead atoms. The fourth-order valence-electron chi connectivity index (χ4n) is 2.70. The minimum Gasteiger partial charge on any atom is -0.465 e. The van der Waals surface area contributed by atoms with Gasteiger partial charge in [-0.1, -0.05) is 30.3 Å². The molecule has 0 radical (unpaired) electrons. The van der Waals surface area contributed by atoms with Crippen molar-refractivity contribution in [3.63, 3.8) is 0 Å². The third kappa shape index (κ3) is 4.41. The molecule has 0 spiro atoms. The number of hydrogen-bond donors (Lipinski definition) is 1. The Morgan fingerprint density at radius 2 is 2.04 bits per heavy atom. The summed E-state index contributed by atoms with van der Waals surface area (Å²) in [6.07, 6.45) is 0.674. The van der Waals surface area contributed by atoms with Gasteiger partial charge in [0.05, 0.1) is 7.11 Å². The highest BCUT2D eigenvalue weighted by Crippen LogP contribution is 2.28. The largest absolute Gasteiger partial charge is 0.465 e. The second-order valence-corrected chi connectivity index (χ2v) is 6.79. The number of aryl methyl sites for hydroxylation is 1. The summed E-state index contributed by atoms with van der Waals surface area (Å²) in [5, 5.41) is 9.39. The topological polar surface area (TPSA) is 49.8 Å². The first-order chi connectivity index (χ1) is 11.1. The van der Waals surface area contributed by atoms with Gasteiger partial charge in [-0.15, -0.1) is 11.3 Å². The number of nitrogens with zero attached hydrogens (tertiary/aromatic N) is 1. The Labute approximate surface area is 141 Å². The second-order valence-electron chi connectivity index (χ2n) is 5.54. The Hall–Kier alpha value is -1.69. The normalized spacial score (nSPS) is 12.4. The van der Waals surface area contributed by atoms with E-state index < -0.39 is 0 Å². The molecule has 1 heterocycles. The zero-order valence-electron chi connectivity index (χ0n) is 13.8. The van der Waals surface area contributed by atoms with E-state index in [0.29, 0.717) is 11.3 Å². The SMILES string of the molecule is COC(=O)c1cc(CN(C)C(CCO)c2ccccc2)c(C)s1. The maximum absolute atomic E-state index is 11.7. The van der Waals surface area contributed by atoms with E-state index in [1.54, 1.807) is 0 Å². The maximum Gasteiger partial charge on any atom is 0.348 e. The number of aliphatic hydroxyl groups excluding tert-OH is 1. The average molecular weight is 333 g/mol. The Morgan fingerprint density at radius 3 is 2.65 bits per heavy atom. The van der Waals surface area contributed by atoms with Crippen LogP contribution in [0, 0.1) is 6.92 Å². The van der Waals surface area contributed by atoms with Gasteiger partial charge in [0.15, 0.2) is 0 Å². The predicted octanol–water partition coefficient (Wildman–Crippen LogP) is 3.40. The first-order valence-electron chi connectivity index (χ1n) is 7.60. The van der Waals surface area contributed by atoms with E-state index in [1.165, 1.54) is 24.0 Å². The number of hydrogen-bond acceptors (Lipinski definition) is 5. The van der Waals surface area contributed by atoms with Crippen molar-refractivity contribution in [1.82, 2.24) is 4.90 Å². The minimum absolute atomic E-state index is 0.139. The molecule has 1 aromatic heterocycles. The van der Waals surface area contributed by atoms with Gasteiger partial charge in [0.25, 0.3) is 0 Å². The van der Waals surface area contributed by atoms with Crippen molar-refractivity contribution < 1.29 is 14.6 Å². The molecule has 0 amide bonds. The highest BCUT2D eigenvalue weighted by atomic mass is 32.1. The molecule has 0 aliphatic rings. The Morgan fingerprint density at radius 1 is 1.35 bits per heavy atom. The quantitative estimate of drug-likeness (QED) is 0.789. The summed E-state index contributed by atoms with van der Waals surface area (Å²) in [7, 11) is 3.44. The maximum atomic E-state index is 11.7. The molecule has 124 valence electrons. The van der Waals surface area contributed by atoms with Crippen LogP contribution in [0.3, 0.4) is 0 Å². The van der Waals surface area contributed by atoms with Crippen LogP contribution in [0.2, 0.25) is 0 Å². The fourth-order valence-corrected chi connectivity index (χ4v) is 3.65. The summed E-state index contributed by atoms with van der Waals surface area (Å²) in [6.45, 7) is 2.88. The van der Waals surface area contributed by atoms with Gasteiger partial charge in [0, 0.05) is 24.1 Å². The van der Waals surface area contributed by atoms with E-state index in [-0.39, 0.29) is 18.6 Å². The Balaban J connectivity index is 2.17. The lowest BCUT2D eigenvalue weighted by atomic mass is 10.0. The number of carbonyl (C=O) groups is 1. The number of rotatable bonds is 7. The minimum atomic E-state index is -0.290. The van der Waals surface area contributed by atoms with Crippen LogP contribution in [-0.2, 0) is 11.3 Å². The second kappa shape index (κ2) is 8.24. The van der Waals surface area contributed by atoms with E-state index in [0.717, 1.165) is 17.0 Å². The van der Waals surface area contributed by atoms with E-state index >= 15 is 0 Å².